The summed E-state index contributed by atoms with van der Waals surface area (Å²) in [6.07, 6.45) is 5.07. The monoisotopic (exact) mass is 248 g/mol. The fourth-order valence-electron chi connectivity index (χ4n) is 2.94. The van der Waals surface area contributed by atoms with Gasteiger partial charge in [0, 0.05) is 0 Å². The van der Waals surface area contributed by atoms with E-state index in [4.69, 9.17) is 0 Å². The Kier molecular flexibility index (Phi) is 3.50. The molecule has 0 radical (unpaired) electrons. The lowest BCUT2D eigenvalue weighted by Gasteiger charge is -2.21. The molecule has 0 bridgehead atoms. The fraction of sp³-hybridized carbons (Fsp3) is 0.263. The number of rotatable bonds is 2. The molecule has 0 nitrogen and oxygen atoms in total. The zero-order valence-electron chi connectivity index (χ0n) is 11.5. The standard InChI is InChI=1S/C19H20/c1-15-11-13-17(14-12-15)19-10-6-5-9-18(19)16-7-3-2-4-8-16/h2-4,7-8,11-14H,5-6,9-10H2,1H3. The summed E-state index contributed by atoms with van der Waals surface area (Å²) in [7, 11) is 0. The highest BCUT2D eigenvalue weighted by molar-refractivity contribution is 5.91. The maximum Gasteiger partial charge on any atom is -0.0221 e. The van der Waals surface area contributed by atoms with E-state index in [0.29, 0.717) is 0 Å². The molecule has 0 saturated carbocycles. The highest BCUT2D eigenvalue weighted by Crippen LogP contribution is 2.37. The summed E-state index contributed by atoms with van der Waals surface area (Å²) < 4.78 is 0. The molecular weight excluding hydrogens is 228 g/mol. The Morgan fingerprint density at radius 1 is 0.632 bits per heavy atom. The van der Waals surface area contributed by atoms with E-state index >= 15 is 0 Å². The number of allylic oxidation sites excluding steroid dienone is 2. The lowest BCUT2D eigenvalue weighted by molar-refractivity contribution is 0.753. The van der Waals surface area contributed by atoms with Crippen LogP contribution in [0, 0.1) is 6.92 Å². The van der Waals surface area contributed by atoms with Gasteiger partial charge in [0.15, 0.2) is 0 Å². The average Bonchev–Trinajstić information content (AvgIpc) is 2.49. The number of benzene rings is 2. The number of aryl methyl sites for hydroxylation is 1. The van der Waals surface area contributed by atoms with Crippen molar-refractivity contribution in [2.24, 2.45) is 0 Å². The quantitative estimate of drug-likeness (QED) is 0.660. The van der Waals surface area contributed by atoms with E-state index in [9.17, 15) is 0 Å². The van der Waals surface area contributed by atoms with Crippen molar-refractivity contribution >= 4 is 11.1 Å². The third-order valence-electron chi connectivity index (χ3n) is 3.99. The molecule has 0 aliphatic heterocycles. The smallest absolute Gasteiger partial charge is 0.0221 e. The topological polar surface area (TPSA) is 0 Å². The van der Waals surface area contributed by atoms with Gasteiger partial charge in [0.05, 0.1) is 0 Å². The van der Waals surface area contributed by atoms with Crippen molar-refractivity contribution in [3.63, 3.8) is 0 Å². The summed E-state index contributed by atoms with van der Waals surface area (Å²) in [5.41, 5.74) is 7.25. The summed E-state index contributed by atoms with van der Waals surface area (Å²) >= 11 is 0. The van der Waals surface area contributed by atoms with Crippen molar-refractivity contribution in [2.75, 3.05) is 0 Å². The lowest BCUT2D eigenvalue weighted by Crippen LogP contribution is -1.99. The zero-order valence-corrected chi connectivity index (χ0v) is 11.5. The van der Waals surface area contributed by atoms with Gasteiger partial charge in [0.1, 0.15) is 0 Å². The minimum atomic E-state index is 1.22. The number of hydrogen-bond donors (Lipinski definition) is 0. The van der Waals surface area contributed by atoms with Gasteiger partial charge in [-0.1, -0.05) is 60.2 Å². The van der Waals surface area contributed by atoms with Gasteiger partial charge in [0.2, 0.25) is 0 Å². The molecule has 0 N–H and O–H groups in total. The van der Waals surface area contributed by atoms with Crippen LogP contribution >= 0.6 is 0 Å². The van der Waals surface area contributed by atoms with Crippen LogP contribution in [0.15, 0.2) is 54.6 Å². The van der Waals surface area contributed by atoms with Gasteiger partial charge in [-0.25, -0.2) is 0 Å². The van der Waals surface area contributed by atoms with E-state index < -0.39 is 0 Å². The summed E-state index contributed by atoms with van der Waals surface area (Å²) in [5, 5.41) is 0. The fourth-order valence-corrected chi connectivity index (χ4v) is 2.94. The van der Waals surface area contributed by atoms with Crippen LogP contribution in [0.2, 0.25) is 0 Å². The summed E-state index contributed by atoms with van der Waals surface area (Å²) in [6.45, 7) is 2.15. The third-order valence-corrected chi connectivity index (χ3v) is 3.99. The van der Waals surface area contributed by atoms with Crippen molar-refractivity contribution in [1.82, 2.24) is 0 Å². The number of hydrogen-bond acceptors (Lipinski definition) is 0. The first kappa shape index (κ1) is 12.2. The second-order valence-corrected chi connectivity index (χ2v) is 5.40. The van der Waals surface area contributed by atoms with Crippen molar-refractivity contribution in [2.45, 2.75) is 32.6 Å². The molecule has 0 amide bonds. The minimum Gasteiger partial charge on any atom is -0.0622 e. The van der Waals surface area contributed by atoms with Crippen LogP contribution in [0.1, 0.15) is 42.4 Å². The van der Waals surface area contributed by atoms with Gasteiger partial charge in [0.25, 0.3) is 0 Å². The van der Waals surface area contributed by atoms with Crippen LogP contribution in [-0.2, 0) is 0 Å². The maximum atomic E-state index is 2.28. The molecule has 2 aromatic carbocycles. The first-order valence-electron chi connectivity index (χ1n) is 7.19. The van der Waals surface area contributed by atoms with E-state index in [1.54, 1.807) is 11.1 Å². The molecule has 1 aliphatic carbocycles. The Labute approximate surface area is 115 Å². The van der Waals surface area contributed by atoms with Crippen LogP contribution in [-0.4, -0.2) is 0 Å². The molecule has 0 atom stereocenters. The van der Waals surface area contributed by atoms with Crippen LogP contribution in [0.25, 0.3) is 11.1 Å². The molecule has 1 aliphatic rings. The Hall–Kier alpha value is -1.82. The second kappa shape index (κ2) is 5.44. The van der Waals surface area contributed by atoms with Crippen LogP contribution in [0.3, 0.4) is 0 Å². The second-order valence-electron chi connectivity index (χ2n) is 5.40. The van der Waals surface area contributed by atoms with Crippen molar-refractivity contribution < 1.29 is 0 Å². The molecule has 0 unspecified atom stereocenters. The summed E-state index contributed by atoms with van der Waals surface area (Å²) in [6, 6.07) is 19.9. The molecule has 0 fully saturated rings. The predicted molar refractivity (Wildman–Crippen MR) is 82.9 cm³/mol. The Balaban J connectivity index is 2.08. The lowest BCUT2D eigenvalue weighted by atomic mass is 9.84. The van der Waals surface area contributed by atoms with Crippen LogP contribution < -0.4 is 0 Å². The van der Waals surface area contributed by atoms with Gasteiger partial charge in [-0.15, -0.1) is 0 Å². The molecule has 0 heteroatoms. The molecule has 2 aromatic rings. The highest BCUT2D eigenvalue weighted by Gasteiger charge is 2.15. The Morgan fingerprint density at radius 2 is 1.16 bits per heavy atom. The first-order chi connectivity index (χ1) is 9.34. The van der Waals surface area contributed by atoms with Crippen molar-refractivity contribution in [3.8, 4) is 0 Å². The maximum absolute atomic E-state index is 2.28. The zero-order chi connectivity index (χ0) is 13.1. The van der Waals surface area contributed by atoms with Gasteiger partial charge >= 0.3 is 0 Å². The Morgan fingerprint density at radius 3 is 1.74 bits per heavy atom. The first-order valence-corrected chi connectivity index (χ1v) is 7.19. The van der Waals surface area contributed by atoms with Crippen LogP contribution in [0.4, 0.5) is 0 Å². The van der Waals surface area contributed by atoms with E-state index in [-0.39, 0.29) is 0 Å². The molecule has 0 aromatic heterocycles. The molecular formula is C19H20. The molecule has 96 valence electrons. The van der Waals surface area contributed by atoms with Gasteiger partial charge in [-0.2, -0.15) is 0 Å². The molecule has 19 heavy (non-hydrogen) atoms. The molecule has 0 spiro atoms. The average molecular weight is 248 g/mol. The largest absolute Gasteiger partial charge is 0.0622 e. The molecule has 3 rings (SSSR count). The normalized spacial score (nSPS) is 15.6. The van der Waals surface area contributed by atoms with Gasteiger partial charge in [-0.05, 0) is 54.9 Å². The molecule has 0 saturated heterocycles. The minimum absolute atomic E-state index is 1.22. The summed E-state index contributed by atoms with van der Waals surface area (Å²) in [4.78, 5) is 0. The van der Waals surface area contributed by atoms with E-state index in [1.807, 2.05) is 0 Å². The predicted octanol–water partition coefficient (Wildman–Crippen LogP) is 5.48. The third kappa shape index (κ3) is 2.63. The van der Waals surface area contributed by atoms with Gasteiger partial charge in [-0.3, -0.25) is 0 Å². The SMILES string of the molecule is Cc1ccc(C2=C(c3ccccc3)CCCC2)cc1. The van der Waals surface area contributed by atoms with Crippen LogP contribution in [0.5, 0.6) is 0 Å². The van der Waals surface area contributed by atoms with Gasteiger partial charge < -0.3 is 0 Å². The molecule has 0 heterocycles. The highest BCUT2D eigenvalue weighted by atomic mass is 14.2. The van der Waals surface area contributed by atoms with Crippen molar-refractivity contribution in [3.05, 3.63) is 71.3 Å². The van der Waals surface area contributed by atoms with Crippen molar-refractivity contribution in [1.29, 1.82) is 0 Å². The van der Waals surface area contributed by atoms with E-state index in [2.05, 4.69) is 61.5 Å². The van der Waals surface area contributed by atoms with E-state index in [1.165, 1.54) is 42.4 Å². The summed E-state index contributed by atoms with van der Waals surface area (Å²) in [5.74, 6) is 0. The van der Waals surface area contributed by atoms with E-state index in [0.717, 1.165) is 0 Å². The Bertz CT molecular complexity index is 573.